The minimum absolute atomic E-state index is 0.425. The maximum absolute atomic E-state index is 2.50. The van der Waals surface area contributed by atoms with Crippen molar-refractivity contribution < 1.29 is 0 Å². The molecule has 0 fully saturated rings. The molecule has 138 valence electrons. The van der Waals surface area contributed by atoms with Gasteiger partial charge in [0.25, 0.3) is 0 Å². The molecule has 1 aliphatic carbocycles. The first-order valence-electron chi connectivity index (χ1n) is 9.66. The summed E-state index contributed by atoms with van der Waals surface area (Å²) in [6, 6.07) is 32.8. The molecule has 0 heterocycles. The van der Waals surface area contributed by atoms with Crippen molar-refractivity contribution in [3.05, 3.63) is 127 Å². The van der Waals surface area contributed by atoms with Crippen molar-refractivity contribution in [1.29, 1.82) is 0 Å². The van der Waals surface area contributed by atoms with Crippen molar-refractivity contribution in [2.45, 2.75) is 12.1 Å². The molecule has 2 heteroatoms. The Morgan fingerprint density at radius 3 is 1.54 bits per heavy atom. The van der Waals surface area contributed by atoms with Crippen LogP contribution in [0.25, 0.3) is 0 Å². The first-order chi connectivity index (χ1) is 13.9. The van der Waals surface area contributed by atoms with Gasteiger partial charge in [-0.25, -0.2) is 0 Å². The van der Waals surface area contributed by atoms with Gasteiger partial charge in [0.15, 0.2) is 0 Å². The molecule has 28 heavy (non-hydrogen) atoms. The molecular weight excluding hydrogens is 374 g/mol. The summed E-state index contributed by atoms with van der Waals surface area (Å²) in [4.78, 5) is 0. The van der Waals surface area contributed by atoms with Gasteiger partial charge in [-0.1, -0.05) is 127 Å². The van der Waals surface area contributed by atoms with Crippen LogP contribution in [0.15, 0.2) is 127 Å². The maximum atomic E-state index is 2.50. The Hall–Kier alpha value is -2.26. The average Bonchev–Trinajstić information content (AvgIpc) is 2.79. The average molecular weight is 398 g/mol. The maximum Gasteiger partial charge on any atom is 0.0226 e. The van der Waals surface area contributed by atoms with Gasteiger partial charge in [-0.3, -0.25) is 0 Å². The van der Waals surface area contributed by atoms with Gasteiger partial charge in [0.05, 0.1) is 0 Å². The van der Waals surface area contributed by atoms with E-state index in [9.17, 15) is 0 Å². The number of hydrogen-bond acceptors (Lipinski definition) is 0. The van der Waals surface area contributed by atoms with Crippen LogP contribution in [0.5, 0.6) is 0 Å². The Bertz CT molecular complexity index is 892. The van der Waals surface area contributed by atoms with Crippen LogP contribution < -0.4 is 15.9 Å². The van der Waals surface area contributed by atoms with Crippen LogP contribution in [0.4, 0.5) is 0 Å². The lowest BCUT2D eigenvalue weighted by Gasteiger charge is -2.23. The van der Waals surface area contributed by atoms with Crippen molar-refractivity contribution in [2.75, 3.05) is 0 Å². The van der Waals surface area contributed by atoms with Crippen molar-refractivity contribution in [2.24, 2.45) is 0 Å². The van der Waals surface area contributed by atoms with Crippen molar-refractivity contribution >= 4 is 31.8 Å². The molecule has 1 aliphatic rings. The van der Waals surface area contributed by atoms with Gasteiger partial charge in [-0.2, -0.15) is 0 Å². The Morgan fingerprint density at radius 2 is 1.04 bits per heavy atom. The number of rotatable bonds is 6. The third-order valence-corrected chi connectivity index (χ3v) is 9.50. The lowest BCUT2D eigenvalue weighted by atomic mass is 10.2. The van der Waals surface area contributed by atoms with E-state index in [0.717, 1.165) is 6.42 Å². The van der Waals surface area contributed by atoms with Gasteiger partial charge in [-0.05, 0) is 38.2 Å². The molecule has 0 nitrogen and oxygen atoms in total. The van der Waals surface area contributed by atoms with Gasteiger partial charge in [-0.15, -0.1) is 0 Å². The molecule has 3 aromatic rings. The van der Waals surface area contributed by atoms with E-state index in [1.165, 1.54) is 15.9 Å². The summed E-state index contributed by atoms with van der Waals surface area (Å²) < 4.78 is 0. The summed E-state index contributed by atoms with van der Waals surface area (Å²) >= 11 is 0. The van der Waals surface area contributed by atoms with Gasteiger partial charge >= 0.3 is 0 Å². The first-order valence-corrected chi connectivity index (χ1v) is 12.6. The van der Waals surface area contributed by atoms with Gasteiger partial charge < -0.3 is 0 Å². The highest BCUT2D eigenvalue weighted by atomic mass is 31.1. The van der Waals surface area contributed by atoms with Gasteiger partial charge in [0.1, 0.15) is 0 Å². The predicted octanol–water partition coefficient (Wildman–Crippen LogP) is 6.28. The van der Waals surface area contributed by atoms with Crippen LogP contribution in [0.1, 0.15) is 6.42 Å². The van der Waals surface area contributed by atoms with Gasteiger partial charge in [0, 0.05) is 5.66 Å². The van der Waals surface area contributed by atoms with Crippen LogP contribution >= 0.6 is 15.8 Å². The second kappa shape index (κ2) is 9.79. The normalized spacial score (nSPS) is 15.3. The second-order valence-corrected chi connectivity index (χ2v) is 11.0. The summed E-state index contributed by atoms with van der Waals surface area (Å²) in [7, 11) is -0.932. The zero-order valence-electron chi connectivity index (χ0n) is 15.8. The van der Waals surface area contributed by atoms with Crippen LogP contribution in [0.3, 0.4) is 0 Å². The number of hydrogen-bond donors (Lipinski definition) is 0. The summed E-state index contributed by atoms with van der Waals surface area (Å²) in [5, 5.41) is 4.24. The van der Waals surface area contributed by atoms with Crippen LogP contribution in [-0.4, -0.2) is 5.66 Å². The molecule has 0 amide bonds. The summed E-state index contributed by atoms with van der Waals surface area (Å²) in [6.45, 7) is 0. The van der Waals surface area contributed by atoms with E-state index >= 15 is 0 Å². The fraction of sp³-hybridized carbons (Fsp3) is 0.0769. The predicted molar refractivity (Wildman–Crippen MR) is 128 cm³/mol. The minimum Gasteiger partial charge on any atom is -0.0838 e. The molecular formula is C26H24P2. The SMILES string of the molecule is C1=CC(P(C=CP(c2ccccc2)c2ccccc2)c2ccccc2)C=CC1. The quantitative estimate of drug-likeness (QED) is 0.338. The third kappa shape index (κ3) is 4.77. The van der Waals surface area contributed by atoms with Crippen molar-refractivity contribution in [3.8, 4) is 0 Å². The Morgan fingerprint density at radius 1 is 0.571 bits per heavy atom. The standard InChI is InChI=1S/C26H24P2/c1-5-13-23(14-6-1)27(24-15-7-2-8-16-24)21-22-28(25-17-9-3-10-18-25)26-19-11-4-12-20-26/h1-3,5-22,26H,4H2. The van der Waals surface area contributed by atoms with Crippen molar-refractivity contribution in [3.63, 3.8) is 0 Å². The molecule has 0 saturated heterocycles. The first kappa shape index (κ1) is 19.1. The highest BCUT2D eigenvalue weighted by molar-refractivity contribution is 7.77. The molecule has 0 saturated carbocycles. The zero-order chi connectivity index (χ0) is 19.0. The molecule has 0 N–H and O–H groups in total. The fourth-order valence-corrected chi connectivity index (χ4v) is 7.94. The van der Waals surface area contributed by atoms with Crippen LogP contribution in [0.2, 0.25) is 0 Å². The highest BCUT2D eigenvalue weighted by Crippen LogP contribution is 2.47. The van der Waals surface area contributed by atoms with Gasteiger partial charge in [0.2, 0.25) is 0 Å². The third-order valence-electron chi connectivity index (χ3n) is 4.76. The van der Waals surface area contributed by atoms with Crippen LogP contribution in [0, 0.1) is 0 Å². The Balaban J connectivity index is 1.71. The largest absolute Gasteiger partial charge is 0.0838 e. The molecule has 0 bridgehead atoms. The molecule has 1 atom stereocenters. The lowest BCUT2D eigenvalue weighted by molar-refractivity contribution is 1.24. The second-order valence-electron chi connectivity index (χ2n) is 6.66. The molecule has 3 aromatic carbocycles. The Labute approximate surface area is 170 Å². The van der Waals surface area contributed by atoms with E-state index in [1.807, 2.05) is 0 Å². The van der Waals surface area contributed by atoms with E-state index in [-0.39, 0.29) is 0 Å². The number of benzene rings is 3. The Kier molecular flexibility index (Phi) is 6.67. The summed E-state index contributed by atoms with van der Waals surface area (Å²) in [5.41, 5.74) is 0.478. The number of allylic oxidation sites excluding steroid dienone is 4. The summed E-state index contributed by atoms with van der Waals surface area (Å²) in [5.74, 6) is 4.98. The van der Waals surface area contributed by atoms with E-state index < -0.39 is 15.8 Å². The van der Waals surface area contributed by atoms with E-state index in [4.69, 9.17) is 0 Å². The van der Waals surface area contributed by atoms with E-state index in [1.54, 1.807) is 0 Å². The molecule has 4 rings (SSSR count). The van der Waals surface area contributed by atoms with Crippen molar-refractivity contribution in [1.82, 2.24) is 0 Å². The monoisotopic (exact) mass is 398 g/mol. The lowest BCUT2D eigenvalue weighted by Crippen LogP contribution is -2.11. The highest BCUT2D eigenvalue weighted by Gasteiger charge is 2.18. The van der Waals surface area contributed by atoms with E-state index in [0.29, 0.717) is 5.66 Å². The topological polar surface area (TPSA) is 0 Å². The minimum atomic E-state index is -0.507. The zero-order valence-corrected chi connectivity index (χ0v) is 17.6. The molecule has 0 aliphatic heterocycles. The molecule has 0 aromatic heterocycles. The molecule has 1 unspecified atom stereocenters. The fourth-order valence-electron chi connectivity index (χ4n) is 3.36. The molecule has 0 radical (unpaired) electrons. The summed E-state index contributed by atoms with van der Waals surface area (Å²) in [6.07, 6.45) is 10.4. The smallest absolute Gasteiger partial charge is 0.0226 e. The van der Waals surface area contributed by atoms with E-state index in [2.05, 4.69) is 127 Å². The van der Waals surface area contributed by atoms with Crippen LogP contribution in [-0.2, 0) is 0 Å². The molecule has 0 spiro atoms.